The van der Waals surface area contributed by atoms with Crippen LogP contribution in [0.2, 0.25) is 0 Å². The minimum Gasteiger partial charge on any atom is -0.314 e. The fraction of sp³-hybridized carbons (Fsp3) is 0.667. The Balaban J connectivity index is 2.23. The zero-order valence-corrected chi connectivity index (χ0v) is 4.49. The maximum Gasteiger partial charge on any atom is 0.0452 e. The Hall–Kier alpha value is -0.480. The van der Waals surface area contributed by atoms with Crippen molar-refractivity contribution in [1.29, 1.82) is 0 Å². The van der Waals surface area contributed by atoms with Crippen molar-refractivity contribution in [3.05, 3.63) is 0 Å². The molecule has 0 spiro atoms. The molecule has 1 nitrogen and oxygen atoms in total. The van der Waals surface area contributed by atoms with E-state index in [0.717, 1.165) is 13.1 Å². The molecule has 1 fully saturated rings. The average molecular weight is 95.1 g/mol. The second kappa shape index (κ2) is 1.99. The van der Waals surface area contributed by atoms with Crippen molar-refractivity contribution < 1.29 is 0 Å². The van der Waals surface area contributed by atoms with Crippen LogP contribution in [0.1, 0.15) is 6.92 Å². The lowest BCUT2D eigenvalue weighted by Crippen LogP contribution is -2.40. The molecule has 0 aromatic rings. The van der Waals surface area contributed by atoms with E-state index >= 15 is 0 Å². The van der Waals surface area contributed by atoms with Gasteiger partial charge in [0.1, 0.15) is 0 Å². The molecule has 0 bridgehead atoms. The molecular formula is C6H9N. The first-order valence-electron chi connectivity index (χ1n) is 2.56. The zero-order chi connectivity index (χ0) is 5.11. The third-order valence-electron chi connectivity index (χ3n) is 1.13. The highest BCUT2D eigenvalue weighted by Gasteiger charge is 2.11. The van der Waals surface area contributed by atoms with Gasteiger partial charge in [0.25, 0.3) is 0 Å². The Morgan fingerprint density at radius 1 is 1.57 bits per heavy atom. The van der Waals surface area contributed by atoms with Gasteiger partial charge in [-0.2, -0.15) is 0 Å². The van der Waals surface area contributed by atoms with Crippen molar-refractivity contribution in [3.63, 3.8) is 0 Å². The van der Waals surface area contributed by atoms with Crippen LogP contribution >= 0.6 is 0 Å². The van der Waals surface area contributed by atoms with Gasteiger partial charge in [-0.1, -0.05) is 5.92 Å². The largest absolute Gasteiger partial charge is 0.314 e. The normalized spacial score (nSPS) is 19.6. The summed E-state index contributed by atoms with van der Waals surface area (Å²) in [6, 6.07) is 0. The first-order chi connectivity index (χ1) is 3.43. The fourth-order valence-corrected chi connectivity index (χ4v) is 0.595. The Morgan fingerprint density at radius 3 is 2.43 bits per heavy atom. The molecule has 38 valence electrons. The summed E-state index contributed by atoms with van der Waals surface area (Å²) in [7, 11) is 0. The molecule has 1 heteroatoms. The molecule has 1 heterocycles. The Morgan fingerprint density at radius 2 is 2.29 bits per heavy atom. The Labute approximate surface area is 44.1 Å². The van der Waals surface area contributed by atoms with Crippen LogP contribution in [0.3, 0.4) is 0 Å². The summed E-state index contributed by atoms with van der Waals surface area (Å²) in [4.78, 5) is 0. The smallest absolute Gasteiger partial charge is 0.0452 e. The highest BCUT2D eigenvalue weighted by atomic mass is 14.9. The molecule has 1 saturated heterocycles. The molecular weight excluding hydrogens is 86.1 g/mol. The van der Waals surface area contributed by atoms with Gasteiger partial charge in [0.05, 0.1) is 0 Å². The van der Waals surface area contributed by atoms with Gasteiger partial charge in [0.15, 0.2) is 0 Å². The molecule has 0 saturated carbocycles. The van der Waals surface area contributed by atoms with Crippen LogP contribution in [0.4, 0.5) is 0 Å². The van der Waals surface area contributed by atoms with Crippen LogP contribution in [-0.2, 0) is 0 Å². The summed E-state index contributed by atoms with van der Waals surface area (Å²) in [6.45, 7) is 4.08. The van der Waals surface area contributed by atoms with Crippen molar-refractivity contribution >= 4 is 0 Å². The molecule has 0 radical (unpaired) electrons. The first kappa shape index (κ1) is 4.67. The number of hydrogen-bond donors (Lipinski definition) is 1. The maximum atomic E-state index is 3.14. The second-order valence-corrected chi connectivity index (χ2v) is 1.75. The van der Waals surface area contributed by atoms with Gasteiger partial charge >= 0.3 is 0 Å². The monoisotopic (exact) mass is 95.1 g/mol. The summed E-state index contributed by atoms with van der Waals surface area (Å²) in [5, 5.41) is 3.14. The van der Waals surface area contributed by atoms with Crippen LogP contribution in [0.25, 0.3) is 0 Å². The molecule has 0 unspecified atom stereocenters. The van der Waals surface area contributed by atoms with E-state index in [1.54, 1.807) is 0 Å². The van der Waals surface area contributed by atoms with Crippen LogP contribution < -0.4 is 5.32 Å². The van der Waals surface area contributed by atoms with E-state index in [1.165, 1.54) is 0 Å². The van der Waals surface area contributed by atoms with Crippen LogP contribution in [0.5, 0.6) is 0 Å². The van der Waals surface area contributed by atoms with Gasteiger partial charge in [-0.15, -0.1) is 5.92 Å². The van der Waals surface area contributed by atoms with E-state index in [-0.39, 0.29) is 0 Å². The van der Waals surface area contributed by atoms with Crippen molar-refractivity contribution in [3.8, 4) is 11.8 Å². The number of nitrogens with one attached hydrogen (secondary N) is 1. The van der Waals surface area contributed by atoms with Crippen molar-refractivity contribution in [2.24, 2.45) is 5.92 Å². The minimum atomic E-state index is 0.657. The van der Waals surface area contributed by atoms with E-state index in [0.29, 0.717) is 5.92 Å². The molecule has 0 aromatic heterocycles. The standard InChI is InChI=1S/C6H9N/c1-2-3-6-4-7-5-6/h6-7H,4-5H2,1H3. The quantitative estimate of drug-likeness (QED) is 0.425. The van der Waals surface area contributed by atoms with E-state index < -0.39 is 0 Å². The third-order valence-corrected chi connectivity index (χ3v) is 1.13. The molecule has 1 N–H and O–H groups in total. The lowest BCUT2D eigenvalue weighted by atomic mass is 10.1. The molecule has 0 amide bonds. The summed E-state index contributed by atoms with van der Waals surface area (Å²) in [5.74, 6) is 6.61. The Bertz CT molecular complexity index is 103. The molecule has 0 aliphatic carbocycles. The maximum absolute atomic E-state index is 3.14. The second-order valence-electron chi connectivity index (χ2n) is 1.75. The lowest BCUT2D eigenvalue weighted by molar-refractivity contribution is 0.432. The first-order valence-corrected chi connectivity index (χ1v) is 2.56. The molecule has 0 atom stereocenters. The number of hydrogen-bond acceptors (Lipinski definition) is 1. The summed E-state index contributed by atoms with van der Waals surface area (Å²) >= 11 is 0. The zero-order valence-electron chi connectivity index (χ0n) is 4.49. The van der Waals surface area contributed by atoms with Gasteiger partial charge in [0, 0.05) is 19.0 Å². The van der Waals surface area contributed by atoms with Crippen molar-refractivity contribution in [2.75, 3.05) is 13.1 Å². The van der Waals surface area contributed by atoms with E-state index in [9.17, 15) is 0 Å². The average Bonchev–Trinajstić information content (AvgIpc) is 1.55. The topological polar surface area (TPSA) is 12.0 Å². The Kier molecular flexibility index (Phi) is 1.33. The predicted octanol–water partition coefficient (Wildman–Crippen LogP) is 0.229. The number of rotatable bonds is 0. The van der Waals surface area contributed by atoms with E-state index in [1.807, 2.05) is 6.92 Å². The van der Waals surface area contributed by atoms with Gasteiger partial charge < -0.3 is 5.32 Å². The van der Waals surface area contributed by atoms with Gasteiger partial charge in [-0.05, 0) is 6.92 Å². The van der Waals surface area contributed by atoms with E-state index in [4.69, 9.17) is 0 Å². The summed E-state index contributed by atoms with van der Waals surface area (Å²) < 4.78 is 0. The van der Waals surface area contributed by atoms with Crippen molar-refractivity contribution in [2.45, 2.75) is 6.92 Å². The van der Waals surface area contributed by atoms with E-state index in [2.05, 4.69) is 17.2 Å². The summed E-state index contributed by atoms with van der Waals surface area (Å²) in [5.41, 5.74) is 0. The van der Waals surface area contributed by atoms with Gasteiger partial charge in [0.2, 0.25) is 0 Å². The van der Waals surface area contributed by atoms with Gasteiger partial charge in [-0.3, -0.25) is 0 Å². The van der Waals surface area contributed by atoms with Crippen LogP contribution in [-0.4, -0.2) is 13.1 Å². The summed E-state index contributed by atoms with van der Waals surface area (Å²) in [6.07, 6.45) is 0. The minimum absolute atomic E-state index is 0.657. The SMILES string of the molecule is CC#CC1CNC1. The van der Waals surface area contributed by atoms with Crippen molar-refractivity contribution in [1.82, 2.24) is 5.32 Å². The van der Waals surface area contributed by atoms with Crippen LogP contribution in [0.15, 0.2) is 0 Å². The third kappa shape index (κ3) is 0.942. The molecule has 1 rings (SSSR count). The van der Waals surface area contributed by atoms with Crippen LogP contribution in [0, 0.1) is 17.8 Å². The van der Waals surface area contributed by atoms with Gasteiger partial charge in [-0.25, -0.2) is 0 Å². The highest BCUT2D eigenvalue weighted by Crippen LogP contribution is 1.98. The molecule has 1 aliphatic rings. The fourth-order valence-electron chi connectivity index (χ4n) is 0.595. The molecule has 0 aromatic carbocycles. The molecule has 1 aliphatic heterocycles. The lowest BCUT2D eigenvalue weighted by Gasteiger charge is -2.20. The predicted molar refractivity (Wildman–Crippen MR) is 29.8 cm³/mol. The highest BCUT2D eigenvalue weighted by molar-refractivity contribution is 5.05. The molecule has 7 heavy (non-hydrogen) atoms.